The predicted molar refractivity (Wildman–Crippen MR) is 142 cm³/mol. The standard InChI is InChI=1S/C28H26FN3O3S/c29-23-8-6-20(7-9-23)17-32(28(36)30-11-10-19-4-2-1-3-5-19)18-22-14-21-15-25-26(35-13-12-34-25)16-24(21)31-27(22)33/h1-9,14-16H,10-13,17-18H2,(H,30,36)(H,31,33). The SMILES string of the molecule is O=c1[nH]c2cc3c(cc2cc1CN(Cc1ccc(F)cc1)C(=S)NCCc1ccccc1)OCCO3. The number of H-pyrrole nitrogens is 1. The number of hydrogen-bond acceptors (Lipinski definition) is 4. The van der Waals surface area contributed by atoms with E-state index in [1.165, 1.54) is 17.7 Å². The van der Waals surface area contributed by atoms with E-state index in [9.17, 15) is 9.18 Å². The summed E-state index contributed by atoms with van der Waals surface area (Å²) in [7, 11) is 0. The lowest BCUT2D eigenvalue weighted by Crippen LogP contribution is -2.40. The average Bonchev–Trinajstić information content (AvgIpc) is 2.89. The van der Waals surface area contributed by atoms with Crippen molar-refractivity contribution in [2.45, 2.75) is 19.5 Å². The molecule has 3 aromatic carbocycles. The molecule has 0 spiro atoms. The van der Waals surface area contributed by atoms with Crippen LogP contribution in [0.5, 0.6) is 11.5 Å². The summed E-state index contributed by atoms with van der Waals surface area (Å²) in [6, 6.07) is 22.0. The van der Waals surface area contributed by atoms with Gasteiger partial charge in [-0.2, -0.15) is 0 Å². The normalized spacial score (nSPS) is 12.4. The predicted octanol–water partition coefficient (Wildman–Crippen LogP) is 4.56. The molecule has 2 N–H and O–H groups in total. The summed E-state index contributed by atoms with van der Waals surface area (Å²) in [5.41, 5.74) is 3.14. The summed E-state index contributed by atoms with van der Waals surface area (Å²) in [4.78, 5) is 17.9. The molecule has 0 saturated carbocycles. The van der Waals surface area contributed by atoms with Crippen LogP contribution in [-0.2, 0) is 19.5 Å². The average molecular weight is 504 g/mol. The van der Waals surface area contributed by atoms with Crippen LogP contribution in [0, 0.1) is 5.82 Å². The van der Waals surface area contributed by atoms with Gasteiger partial charge in [-0.15, -0.1) is 0 Å². The fourth-order valence-corrected chi connectivity index (χ4v) is 4.42. The van der Waals surface area contributed by atoms with E-state index < -0.39 is 0 Å². The molecule has 5 rings (SSSR count). The van der Waals surface area contributed by atoms with Crippen molar-refractivity contribution in [1.82, 2.24) is 15.2 Å². The Labute approximate surface area is 213 Å². The van der Waals surface area contributed by atoms with E-state index in [0.717, 1.165) is 17.4 Å². The van der Waals surface area contributed by atoms with Gasteiger partial charge in [-0.05, 0) is 54.0 Å². The number of hydrogen-bond donors (Lipinski definition) is 2. The first-order valence-corrected chi connectivity index (χ1v) is 12.2. The number of nitrogens with zero attached hydrogens (tertiary/aromatic N) is 1. The first-order valence-electron chi connectivity index (χ1n) is 11.8. The van der Waals surface area contributed by atoms with Crippen molar-refractivity contribution in [2.24, 2.45) is 0 Å². The topological polar surface area (TPSA) is 66.6 Å². The van der Waals surface area contributed by atoms with Crippen LogP contribution in [0.4, 0.5) is 4.39 Å². The van der Waals surface area contributed by atoms with Gasteiger partial charge in [-0.3, -0.25) is 4.79 Å². The van der Waals surface area contributed by atoms with Crippen LogP contribution in [0.2, 0.25) is 0 Å². The molecule has 36 heavy (non-hydrogen) atoms. The van der Waals surface area contributed by atoms with Crippen molar-refractivity contribution in [3.05, 3.63) is 106 Å². The maximum atomic E-state index is 13.5. The quantitative estimate of drug-likeness (QED) is 0.361. The highest BCUT2D eigenvalue weighted by Crippen LogP contribution is 2.33. The molecular weight excluding hydrogens is 477 g/mol. The van der Waals surface area contributed by atoms with Gasteiger partial charge in [0.15, 0.2) is 16.6 Å². The Morgan fingerprint density at radius 1 is 0.944 bits per heavy atom. The van der Waals surface area contributed by atoms with Crippen LogP contribution in [-0.4, -0.2) is 34.8 Å². The number of benzene rings is 3. The van der Waals surface area contributed by atoms with Gasteiger partial charge in [0, 0.05) is 30.1 Å². The van der Waals surface area contributed by atoms with Gasteiger partial charge in [-0.25, -0.2) is 4.39 Å². The van der Waals surface area contributed by atoms with Gasteiger partial charge in [0.2, 0.25) is 0 Å². The third-order valence-corrected chi connectivity index (χ3v) is 6.45. The van der Waals surface area contributed by atoms with Crippen molar-refractivity contribution in [2.75, 3.05) is 19.8 Å². The van der Waals surface area contributed by atoms with Gasteiger partial charge in [0.25, 0.3) is 5.56 Å². The molecule has 0 amide bonds. The van der Waals surface area contributed by atoms with Crippen molar-refractivity contribution < 1.29 is 13.9 Å². The minimum Gasteiger partial charge on any atom is -0.486 e. The monoisotopic (exact) mass is 503 g/mol. The zero-order valence-corrected chi connectivity index (χ0v) is 20.4. The van der Waals surface area contributed by atoms with Crippen molar-refractivity contribution in [1.29, 1.82) is 0 Å². The zero-order valence-electron chi connectivity index (χ0n) is 19.6. The highest BCUT2D eigenvalue weighted by atomic mass is 32.1. The molecule has 2 heterocycles. The van der Waals surface area contributed by atoms with Crippen LogP contribution >= 0.6 is 12.2 Å². The van der Waals surface area contributed by atoms with Crippen molar-refractivity contribution >= 4 is 28.2 Å². The number of ether oxygens (including phenoxy) is 2. The largest absolute Gasteiger partial charge is 0.486 e. The summed E-state index contributed by atoms with van der Waals surface area (Å²) >= 11 is 5.73. The Bertz CT molecular complexity index is 1420. The lowest BCUT2D eigenvalue weighted by Gasteiger charge is -2.26. The minimum atomic E-state index is -0.297. The molecule has 0 radical (unpaired) electrons. The lowest BCUT2D eigenvalue weighted by molar-refractivity contribution is 0.172. The van der Waals surface area contributed by atoms with Crippen LogP contribution in [0.1, 0.15) is 16.7 Å². The van der Waals surface area contributed by atoms with E-state index in [2.05, 4.69) is 22.4 Å². The van der Waals surface area contributed by atoms with E-state index in [-0.39, 0.29) is 17.9 Å². The molecule has 0 saturated heterocycles. The molecule has 0 aliphatic carbocycles. The molecule has 1 aromatic heterocycles. The Hall–Kier alpha value is -3.91. The number of rotatable bonds is 7. The van der Waals surface area contributed by atoms with Crippen molar-refractivity contribution in [3.63, 3.8) is 0 Å². The van der Waals surface area contributed by atoms with Gasteiger partial charge in [0.1, 0.15) is 19.0 Å². The highest BCUT2D eigenvalue weighted by molar-refractivity contribution is 7.80. The molecule has 0 atom stereocenters. The van der Waals surface area contributed by atoms with E-state index in [4.69, 9.17) is 21.7 Å². The maximum Gasteiger partial charge on any atom is 0.253 e. The van der Waals surface area contributed by atoms with E-state index >= 15 is 0 Å². The summed E-state index contributed by atoms with van der Waals surface area (Å²) in [6.07, 6.45) is 0.815. The van der Waals surface area contributed by atoms with Gasteiger partial charge in [0.05, 0.1) is 12.1 Å². The van der Waals surface area contributed by atoms with E-state index in [0.29, 0.717) is 54.0 Å². The number of fused-ring (bicyclic) bond motifs is 2. The Balaban J connectivity index is 1.38. The van der Waals surface area contributed by atoms with E-state index in [1.54, 1.807) is 18.2 Å². The van der Waals surface area contributed by atoms with E-state index in [1.807, 2.05) is 35.2 Å². The molecule has 1 aliphatic rings. The Morgan fingerprint density at radius 3 is 2.42 bits per heavy atom. The Kier molecular flexibility index (Phi) is 7.13. The second-order valence-electron chi connectivity index (χ2n) is 8.66. The molecule has 0 bridgehead atoms. The summed E-state index contributed by atoms with van der Waals surface area (Å²) in [5.74, 6) is 0.987. The maximum absolute atomic E-state index is 13.5. The van der Waals surface area contributed by atoms with Crippen LogP contribution in [0.25, 0.3) is 10.9 Å². The first-order chi connectivity index (χ1) is 17.5. The molecule has 0 fully saturated rings. The molecule has 8 heteroatoms. The Morgan fingerprint density at radius 2 is 1.67 bits per heavy atom. The van der Waals surface area contributed by atoms with Crippen LogP contribution in [0.15, 0.2) is 77.6 Å². The molecule has 0 unspecified atom stereocenters. The third-order valence-electron chi connectivity index (χ3n) is 6.05. The number of halogens is 1. The number of pyridine rings is 1. The fourth-order valence-electron chi connectivity index (χ4n) is 4.19. The number of nitrogens with one attached hydrogen (secondary N) is 2. The fraction of sp³-hybridized carbons (Fsp3) is 0.214. The second kappa shape index (κ2) is 10.8. The van der Waals surface area contributed by atoms with Gasteiger partial charge < -0.3 is 24.7 Å². The third kappa shape index (κ3) is 5.66. The summed E-state index contributed by atoms with van der Waals surface area (Å²) in [6.45, 7) is 2.33. The smallest absolute Gasteiger partial charge is 0.253 e. The number of aromatic nitrogens is 1. The van der Waals surface area contributed by atoms with Crippen LogP contribution in [0.3, 0.4) is 0 Å². The number of thiocarbonyl (C=S) groups is 1. The minimum absolute atomic E-state index is 0.199. The van der Waals surface area contributed by atoms with Crippen LogP contribution < -0.4 is 20.3 Å². The highest BCUT2D eigenvalue weighted by Gasteiger charge is 2.17. The first kappa shape index (κ1) is 23.8. The van der Waals surface area contributed by atoms with Crippen molar-refractivity contribution in [3.8, 4) is 11.5 Å². The molecular formula is C28H26FN3O3S. The van der Waals surface area contributed by atoms with Gasteiger partial charge in [-0.1, -0.05) is 42.5 Å². The number of aromatic amines is 1. The second-order valence-corrected chi connectivity index (χ2v) is 9.04. The molecule has 184 valence electrons. The molecule has 6 nitrogen and oxygen atoms in total. The molecule has 4 aromatic rings. The molecule has 1 aliphatic heterocycles. The van der Waals surface area contributed by atoms with Gasteiger partial charge >= 0.3 is 0 Å². The summed E-state index contributed by atoms with van der Waals surface area (Å²) in [5, 5.41) is 4.69. The lowest BCUT2D eigenvalue weighted by atomic mass is 10.1. The zero-order chi connectivity index (χ0) is 24.9. The summed E-state index contributed by atoms with van der Waals surface area (Å²) < 4.78 is 24.8.